The van der Waals surface area contributed by atoms with Gasteiger partial charge in [-0.05, 0) is 55.3 Å². The Kier molecular flexibility index (Phi) is 8.13. The van der Waals surface area contributed by atoms with E-state index in [4.69, 9.17) is 24.0 Å². The molecule has 2 heterocycles. The molecule has 1 aliphatic heterocycles. The number of carbonyl (C=O) groups is 1. The molecule has 1 atom stereocenters. The zero-order chi connectivity index (χ0) is 27.2. The molecular weight excluding hydrogens is 494 g/mol. The molecule has 1 fully saturated rings. The van der Waals surface area contributed by atoms with Crippen molar-refractivity contribution in [2.75, 3.05) is 27.4 Å². The lowest BCUT2D eigenvalue weighted by Gasteiger charge is -2.26. The second-order valence-corrected chi connectivity index (χ2v) is 9.45. The summed E-state index contributed by atoms with van der Waals surface area (Å²) in [5.74, 6) is 2.47. The van der Waals surface area contributed by atoms with Gasteiger partial charge < -0.3 is 23.8 Å². The van der Waals surface area contributed by atoms with Gasteiger partial charge in [-0.15, -0.1) is 0 Å². The van der Waals surface area contributed by atoms with E-state index in [1.165, 1.54) is 0 Å². The Morgan fingerprint density at radius 3 is 2.41 bits per heavy atom. The van der Waals surface area contributed by atoms with Crippen LogP contribution in [0.3, 0.4) is 0 Å². The van der Waals surface area contributed by atoms with Crippen LogP contribution in [0, 0.1) is 0 Å². The minimum Gasteiger partial charge on any atom is -0.497 e. The van der Waals surface area contributed by atoms with Gasteiger partial charge in [0.2, 0.25) is 5.88 Å². The molecule has 1 aromatic heterocycles. The molecule has 5 rings (SSSR count). The Morgan fingerprint density at radius 1 is 0.974 bits per heavy atom. The summed E-state index contributed by atoms with van der Waals surface area (Å²) in [6, 6.07) is 24.6. The Labute approximate surface area is 228 Å². The molecule has 3 aromatic carbocycles. The number of amides is 1. The van der Waals surface area contributed by atoms with E-state index in [9.17, 15) is 4.79 Å². The van der Waals surface area contributed by atoms with Crippen molar-refractivity contribution in [1.82, 2.24) is 14.7 Å². The lowest BCUT2D eigenvalue weighted by Crippen LogP contribution is -2.37. The van der Waals surface area contributed by atoms with Crippen molar-refractivity contribution in [3.63, 3.8) is 0 Å². The lowest BCUT2D eigenvalue weighted by atomic mass is 10.1. The standard InChI is InChI=1S/C31H33N3O5/c1-33-31(39-25-16-14-24(36-2)15-17-25)28(29(32-33)22-9-5-4-6-10-22)21-34(20-27-13-8-18-38-27)30(35)23-11-7-12-26(19-23)37-3/h4-7,9-12,14-17,19,27H,8,13,18,20-21H2,1-3H3/t27-/m0/s1. The maximum atomic E-state index is 13.9. The summed E-state index contributed by atoms with van der Waals surface area (Å²) in [5.41, 5.74) is 3.07. The largest absolute Gasteiger partial charge is 0.497 e. The number of aromatic nitrogens is 2. The fourth-order valence-electron chi connectivity index (χ4n) is 4.79. The van der Waals surface area contributed by atoms with E-state index in [1.54, 1.807) is 25.0 Å². The number of rotatable bonds is 10. The quantitative estimate of drug-likeness (QED) is 0.263. The highest BCUT2D eigenvalue weighted by molar-refractivity contribution is 5.94. The molecule has 4 aromatic rings. The van der Waals surface area contributed by atoms with Gasteiger partial charge >= 0.3 is 0 Å². The Hall–Kier alpha value is -4.30. The predicted molar refractivity (Wildman–Crippen MR) is 148 cm³/mol. The molecule has 1 saturated heterocycles. The van der Waals surface area contributed by atoms with Crippen LogP contribution < -0.4 is 14.2 Å². The molecule has 0 radical (unpaired) electrons. The van der Waals surface area contributed by atoms with E-state index in [0.717, 1.165) is 35.4 Å². The summed E-state index contributed by atoms with van der Waals surface area (Å²) in [6.07, 6.45) is 1.87. The van der Waals surface area contributed by atoms with Crippen LogP contribution in [-0.2, 0) is 18.3 Å². The number of carbonyl (C=O) groups excluding carboxylic acids is 1. The Balaban J connectivity index is 1.55. The van der Waals surface area contributed by atoms with Crippen molar-refractivity contribution in [2.24, 2.45) is 7.05 Å². The predicted octanol–water partition coefficient (Wildman–Crippen LogP) is 5.72. The minimum atomic E-state index is -0.109. The number of nitrogens with zero attached hydrogens (tertiary/aromatic N) is 3. The molecule has 202 valence electrons. The van der Waals surface area contributed by atoms with Gasteiger partial charge in [-0.2, -0.15) is 5.10 Å². The number of ether oxygens (including phenoxy) is 4. The molecule has 0 spiro atoms. The van der Waals surface area contributed by atoms with E-state index in [1.807, 2.05) is 84.7 Å². The van der Waals surface area contributed by atoms with Gasteiger partial charge in [0.25, 0.3) is 5.91 Å². The maximum absolute atomic E-state index is 13.9. The van der Waals surface area contributed by atoms with Crippen molar-refractivity contribution in [3.05, 3.63) is 90.0 Å². The smallest absolute Gasteiger partial charge is 0.254 e. The first kappa shape index (κ1) is 26.3. The second-order valence-electron chi connectivity index (χ2n) is 9.45. The van der Waals surface area contributed by atoms with Crippen LogP contribution in [0.25, 0.3) is 11.3 Å². The van der Waals surface area contributed by atoms with E-state index in [0.29, 0.717) is 42.6 Å². The molecule has 0 saturated carbocycles. The van der Waals surface area contributed by atoms with Crippen LogP contribution in [0.15, 0.2) is 78.9 Å². The molecule has 8 nitrogen and oxygen atoms in total. The first-order chi connectivity index (χ1) is 19.1. The zero-order valence-corrected chi connectivity index (χ0v) is 22.5. The number of methoxy groups -OCH3 is 2. The van der Waals surface area contributed by atoms with Gasteiger partial charge in [-0.3, -0.25) is 4.79 Å². The summed E-state index contributed by atoms with van der Waals surface area (Å²) in [6.45, 7) is 1.46. The Bertz CT molecular complexity index is 1400. The van der Waals surface area contributed by atoms with Crippen LogP contribution in [0.2, 0.25) is 0 Å². The molecule has 39 heavy (non-hydrogen) atoms. The SMILES string of the molecule is COc1ccc(Oc2c(CN(C[C@@H]3CCCO3)C(=O)c3cccc(OC)c3)c(-c3ccccc3)nn2C)cc1. The van der Waals surface area contributed by atoms with Gasteiger partial charge in [0.05, 0.1) is 32.4 Å². The third kappa shape index (κ3) is 6.07. The van der Waals surface area contributed by atoms with Crippen molar-refractivity contribution in [2.45, 2.75) is 25.5 Å². The number of benzene rings is 3. The molecule has 8 heteroatoms. The van der Waals surface area contributed by atoms with Gasteiger partial charge in [0, 0.05) is 31.3 Å². The minimum absolute atomic E-state index is 0.0256. The van der Waals surface area contributed by atoms with E-state index >= 15 is 0 Å². The van der Waals surface area contributed by atoms with Crippen LogP contribution in [0.4, 0.5) is 0 Å². The van der Waals surface area contributed by atoms with Gasteiger partial charge in [0.1, 0.15) is 22.9 Å². The topological polar surface area (TPSA) is 75.1 Å². The first-order valence-electron chi connectivity index (χ1n) is 13.0. The molecule has 0 unspecified atom stereocenters. The van der Waals surface area contributed by atoms with Crippen molar-refractivity contribution in [1.29, 1.82) is 0 Å². The average molecular weight is 528 g/mol. The van der Waals surface area contributed by atoms with Gasteiger partial charge in [-0.25, -0.2) is 4.68 Å². The van der Waals surface area contributed by atoms with E-state index in [-0.39, 0.29) is 12.0 Å². The molecule has 1 amide bonds. The highest BCUT2D eigenvalue weighted by Crippen LogP contribution is 2.35. The van der Waals surface area contributed by atoms with E-state index < -0.39 is 0 Å². The fourth-order valence-corrected chi connectivity index (χ4v) is 4.79. The van der Waals surface area contributed by atoms with Gasteiger partial charge in [0.15, 0.2) is 0 Å². The molecule has 0 bridgehead atoms. The monoisotopic (exact) mass is 527 g/mol. The van der Waals surface area contributed by atoms with Crippen LogP contribution in [-0.4, -0.2) is 54.1 Å². The molecule has 1 aliphatic rings. The summed E-state index contributed by atoms with van der Waals surface area (Å²) >= 11 is 0. The average Bonchev–Trinajstić information content (AvgIpc) is 3.61. The fraction of sp³-hybridized carbons (Fsp3) is 0.290. The molecule has 0 N–H and O–H groups in total. The van der Waals surface area contributed by atoms with Gasteiger partial charge in [-0.1, -0.05) is 36.4 Å². The van der Waals surface area contributed by atoms with Crippen molar-refractivity contribution in [3.8, 4) is 34.4 Å². The van der Waals surface area contributed by atoms with Crippen molar-refractivity contribution >= 4 is 5.91 Å². The lowest BCUT2D eigenvalue weighted by molar-refractivity contribution is 0.0506. The second kappa shape index (κ2) is 12.0. The third-order valence-electron chi connectivity index (χ3n) is 6.81. The van der Waals surface area contributed by atoms with Crippen LogP contribution >= 0.6 is 0 Å². The molecule has 0 aliphatic carbocycles. The highest BCUT2D eigenvalue weighted by atomic mass is 16.5. The Morgan fingerprint density at radius 2 is 1.72 bits per heavy atom. The third-order valence-corrected chi connectivity index (χ3v) is 6.81. The summed E-state index contributed by atoms with van der Waals surface area (Å²) in [4.78, 5) is 15.8. The number of hydrogen-bond donors (Lipinski definition) is 0. The van der Waals surface area contributed by atoms with Crippen molar-refractivity contribution < 1.29 is 23.7 Å². The normalized spacial score (nSPS) is 14.7. The summed E-state index contributed by atoms with van der Waals surface area (Å²) in [5, 5.41) is 4.83. The summed E-state index contributed by atoms with van der Waals surface area (Å²) in [7, 11) is 5.07. The molecular formula is C31H33N3O5. The van der Waals surface area contributed by atoms with E-state index in [2.05, 4.69) is 0 Å². The van der Waals surface area contributed by atoms with Crippen LogP contribution in [0.5, 0.6) is 23.1 Å². The summed E-state index contributed by atoms with van der Waals surface area (Å²) < 4.78 is 24.7. The zero-order valence-electron chi connectivity index (χ0n) is 22.5. The number of aryl methyl sites for hydroxylation is 1. The first-order valence-corrected chi connectivity index (χ1v) is 13.0. The van der Waals surface area contributed by atoms with Crippen LogP contribution in [0.1, 0.15) is 28.8 Å². The number of hydrogen-bond acceptors (Lipinski definition) is 6. The highest BCUT2D eigenvalue weighted by Gasteiger charge is 2.28. The maximum Gasteiger partial charge on any atom is 0.254 e.